The number of hydrogen-bond donors (Lipinski definition) is 3. The average Bonchev–Trinajstić information content (AvgIpc) is 1.67. The summed E-state index contributed by atoms with van der Waals surface area (Å²) in [5.74, 6) is -0.381. The first kappa shape index (κ1) is 83.4. The van der Waals surface area contributed by atoms with Crippen molar-refractivity contribution in [1.29, 1.82) is 0 Å². The van der Waals surface area contributed by atoms with Crippen molar-refractivity contribution in [3.8, 4) is 31.3 Å². The van der Waals surface area contributed by atoms with E-state index in [-0.39, 0.29) is 102 Å². The zero-order valence-electron chi connectivity index (χ0n) is 66.8. The molecule has 0 spiro atoms. The molecule has 21 nitrogen and oxygen atoms in total. The minimum Gasteiger partial charge on any atom is -0.391 e. The summed E-state index contributed by atoms with van der Waals surface area (Å²) in [6.45, 7) is 30.8. The number of aliphatic hydroxyl groups excluding tert-OH is 3. The van der Waals surface area contributed by atoms with Crippen molar-refractivity contribution < 1.29 is 57.7 Å². The Morgan fingerprint density at radius 2 is 0.793 bits per heavy atom. The van der Waals surface area contributed by atoms with E-state index in [9.17, 15) is 44.1 Å². The Hall–Kier alpha value is -8.52. The highest BCUT2D eigenvalue weighted by Gasteiger charge is 2.48. The molecule has 9 heterocycles. The number of likely N-dealkylation sites (tertiary alicyclic amines) is 3. The lowest BCUT2D eigenvalue weighted by molar-refractivity contribution is -0.141. The maximum Gasteiger partial charge on any atom is 0.234 e. The molecule has 3 aromatic carbocycles. The van der Waals surface area contributed by atoms with Gasteiger partial charge in [0.1, 0.15) is 29.1 Å². The van der Waals surface area contributed by atoms with Crippen molar-refractivity contribution in [2.24, 2.45) is 11.8 Å². The van der Waals surface area contributed by atoms with Crippen LogP contribution in [0.15, 0.2) is 121 Å². The highest BCUT2D eigenvalue weighted by molar-refractivity contribution is 7.14. The Balaban J connectivity index is 0.000000165. The van der Waals surface area contributed by atoms with Crippen LogP contribution in [-0.4, -0.2) is 152 Å². The van der Waals surface area contributed by atoms with Gasteiger partial charge in [0.15, 0.2) is 17.3 Å². The van der Waals surface area contributed by atoms with E-state index in [1.807, 2.05) is 142 Å². The molecule has 111 heavy (non-hydrogen) atoms. The van der Waals surface area contributed by atoms with Crippen molar-refractivity contribution in [3.05, 3.63) is 176 Å². The van der Waals surface area contributed by atoms with Gasteiger partial charge in [-0.1, -0.05) is 178 Å². The standard InChI is InChI=1S/C30H37N3O4S.C29H37N3O4S.C28H35N3O4S/c1-18-28(38-17-31-18)21-11-8-19(9-12-21)10-13-24(35)23-14-22(34)16-33(23)29(36)27(20-6-5-7-20)25-15-26(32-37-25)30(2,3)4;1-17(2)26(24-14-25(31-36-24)29(4,5)6)28(35)32-15-21(33)13-22(32)23(34)12-9-19-7-10-20(11-8-19)27-18(3)30-16-37-27;1-6-21(24-14-25(30-35-24)28(3,4)5)27(34)31-15-20(32)13-22(31)23(33)12-9-18-7-10-19(11-8-18)26-17(2)29-16-36-26/h8-9,11-12,15,17,20,22-23,27,34H,5-7,10,13-14,16H2,1-4H3;7-8,10-11,14,16-17,21-22,26,33H,9,12-13,15H2,1-6H3;7-8,10-11,14,16,20-22,32H,6,9,12-13,15H2,1-5H3. The molecule has 4 aliphatic rings. The van der Waals surface area contributed by atoms with Crippen LogP contribution in [0.4, 0.5) is 0 Å². The van der Waals surface area contributed by atoms with Crippen LogP contribution < -0.4 is 0 Å². The highest BCUT2D eigenvalue weighted by atomic mass is 32.1. The molecule has 1 aliphatic carbocycles. The molecule has 9 unspecified atom stereocenters. The molecular formula is C87H109N9O12S3. The van der Waals surface area contributed by atoms with Gasteiger partial charge in [0.05, 0.1) is 108 Å². The molecule has 13 rings (SSSR count). The van der Waals surface area contributed by atoms with Crippen LogP contribution >= 0.6 is 34.0 Å². The number of aromatic nitrogens is 6. The molecule has 592 valence electrons. The fourth-order valence-electron chi connectivity index (χ4n) is 15.1. The van der Waals surface area contributed by atoms with Gasteiger partial charge in [-0.25, -0.2) is 15.0 Å². The summed E-state index contributed by atoms with van der Waals surface area (Å²) in [6.07, 6.45) is 4.93. The number of carbonyl (C=O) groups excluding carboxylic acids is 6. The predicted octanol–water partition coefficient (Wildman–Crippen LogP) is 15.8. The van der Waals surface area contributed by atoms with Crippen LogP contribution in [0, 0.1) is 32.6 Å². The summed E-state index contributed by atoms with van der Waals surface area (Å²) in [5.41, 5.74) is 16.9. The number of hydrogen-bond acceptors (Lipinski definition) is 21. The lowest BCUT2D eigenvalue weighted by atomic mass is 9.74. The summed E-state index contributed by atoms with van der Waals surface area (Å²) < 4.78 is 16.9. The van der Waals surface area contributed by atoms with Gasteiger partial charge in [0, 0.05) is 92.6 Å². The molecule has 1 saturated carbocycles. The normalized spacial score (nSPS) is 19.6. The Morgan fingerprint density at radius 1 is 0.468 bits per heavy atom. The molecule has 24 heteroatoms. The van der Waals surface area contributed by atoms with Gasteiger partial charge in [-0.15, -0.1) is 34.0 Å². The molecule has 9 atom stereocenters. The Morgan fingerprint density at radius 3 is 1.10 bits per heavy atom. The summed E-state index contributed by atoms with van der Waals surface area (Å²) >= 11 is 4.85. The SMILES string of the molecule is CCC(C(=O)N1CC(O)CC1C(=O)CCc1ccc(-c2scnc2C)cc1)c1cc(C(C)(C)C)no1.Cc1ncsc1-c1ccc(CCC(=O)C2CC(O)CN2C(=O)C(c2cc(C(C)(C)C)no2)C(C)C)cc1.Cc1ncsc1-c1ccc(CCC(=O)C2CC(O)CN2C(=O)C(c2cc(C(C)(C)C)no2)C2CCC2)cc1. The van der Waals surface area contributed by atoms with Gasteiger partial charge in [0.25, 0.3) is 0 Å². The molecule has 6 aromatic heterocycles. The average molecular weight is 1570 g/mol. The van der Waals surface area contributed by atoms with E-state index in [1.165, 1.54) is 0 Å². The Kier molecular flexibility index (Phi) is 26.8. The van der Waals surface area contributed by atoms with Gasteiger partial charge >= 0.3 is 0 Å². The first-order valence-electron chi connectivity index (χ1n) is 39.1. The second-order valence-electron chi connectivity index (χ2n) is 33.9. The van der Waals surface area contributed by atoms with Crippen molar-refractivity contribution in [2.45, 2.75) is 258 Å². The van der Waals surface area contributed by atoms with Crippen LogP contribution in [0.3, 0.4) is 0 Å². The monoisotopic (exact) mass is 1570 g/mol. The Bertz CT molecular complexity index is 4660. The van der Waals surface area contributed by atoms with Crippen LogP contribution in [0.25, 0.3) is 31.3 Å². The molecule has 3 N–H and O–H groups in total. The van der Waals surface area contributed by atoms with E-state index in [2.05, 4.69) is 99.7 Å². The number of aliphatic hydroxyl groups is 3. The summed E-state index contributed by atoms with van der Waals surface area (Å²) in [4.78, 5) is 102. The molecule has 3 aliphatic heterocycles. The quantitative estimate of drug-likeness (QED) is 0.0506. The van der Waals surface area contributed by atoms with E-state index >= 15 is 0 Å². The number of nitrogens with zero attached hydrogens (tertiary/aromatic N) is 9. The molecule has 0 bridgehead atoms. The van der Waals surface area contributed by atoms with Gasteiger partial charge in [-0.3, -0.25) is 28.8 Å². The number of ketones is 3. The predicted molar refractivity (Wildman–Crippen MR) is 432 cm³/mol. The molecule has 3 saturated heterocycles. The smallest absolute Gasteiger partial charge is 0.234 e. The zero-order chi connectivity index (χ0) is 80.0. The fraction of sp³-hybridized carbons (Fsp3) is 0.517. The maximum absolute atomic E-state index is 13.9. The summed E-state index contributed by atoms with van der Waals surface area (Å²) in [5, 5.41) is 43.8. The summed E-state index contributed by atoms with van der Waals surface area (Å²) in [6, 6.07) is 28.4. The first-order chi connectivity index (χ1) is 52.6. The summed E-state index contributed by atoms with van der Waals surface area (Å²) in [7, 11) is 0. The fourth-order valence-corrected chi connectivity index (χ4v) is 17.5. The lowest BCUT2D eigenvalue weighted by Crippen LogP contribution is -2.45. The number of thiazole rings is 3. The molecular weight excluding hydrogens is 1460 g/mol. The molecule has 3 amide bonds. The third-order valence-corrected chi connectivity index (χ3v) is 25.0. The minimum atomic E-state index is -0.715. The molecule has 9 aromatic rings. The molecule has 0 radical (unpaired) electrons. The number of aryl methyl sites for hydroxylation is 6. The van der Waals surface area contributed by atoms with Crippen LogP contribution in [0.2, 0.25) is 0 Å². The van der Waals surface area contributed by atoms with E-state index in [0.29, 0.717) is 62.2 Å². The Labute approximate surface area is 664 Å². The van der Waals surface area contributed by atoms with Gasteiger partial charge in [0.2, 0.25) is 17.7 Å². The number of amides is 3. The number of Topliss-reactive ketones (excluding diaryl/α,β-unsaturated/α-hetero) is 3. The van der Waals surface area contributed by atoms with Gasteiger partial charge < -0.3 is 43.6 Å². The topological polar surface area (TPSA) is 290 Å². The lowest BCUT2D eigenvalue weighted by Gasteiger charge is -2.35. The zero-order valence-corrected chi connectivity index (χ0v) is 69.3. The number of rotatable bonds is 24. The van der Waals surface area contributed by atoms with E-state index in [4.69, 9.17) is 13.6 Å². The largest absolute Gasteiger partial charge is 0.391 e. The van der Waals surface area contributed by atoms with Gasteiger partial charge in [-0.2, -0.15) is 0 Å². The third kappa shape index (κ3) is 20.1. The number of carbonyl (C=O) groups is 6. The van der Waals surface area contributed by atoms with E-state index in [1.54, 1.807) is 48.7 Å². The first-order valence-corrected chi connectivity index (χ1v) is 41.7. The van der Waals surface area contributed by atoms with Crippen molar-refractivity contribution in [2.75, 3.05) is 19.6 Å². The minimum absolute atomic E-state index is 0.00223. The van der Waals surface area contributed by atoms with Gasteiger partial charge in [-0.05, 0) is 105 Å². The second kappa shape index (κ2) is 35.7. The third-order valence-electron chi connectivity index (χ3n) is 22.0. The van der Waals surface area contributed by atoms with Crippen LogP contribution in [0.5, 0.6) is 0 Å². The van der Waals surface area contributed by atoms with E-state index in [0.717, 1.165) is 101 Å². The van der Waals surface area contributed by atoms with Crippen LogP contribution in [0.1, 0.15) is 233 Å². The van der Waals surface area contributed by atoms with Crippen molar-refractivity contribution >= 4 is 69.1 Å². The van der Waals surface area contributed by atoms with Crippen LogP contribution in [-0.2, 0) is 64.3 Å². The molecule has 4 fully saturated rings. The highest BCUT2D eigenvalue weighted by Crippen LogP contribution is 2.44. The second-order valence-corrected chi connectivity index (χ2v) is 36.5. The van der Waals surface area contributed by atoms with Crippen molar-refractivity contribution in [1.82, 2.24) is 45.1 Å². The van der Waals surface area contributed by atoms with E-state index < -0.39 is 54.2 Å². The maximum atomic E-state index is 13.9. The number of benzene rings is 3. The van der Waals surface area contributed by atoms with Crippen molar-refractivity contribution in [3.63, 3.8) is 0 Å². The number of β-amino-alcohol motifs (C(OH)–C–C–N with tert-alkyl or cyclic N) is 3.